The molecule has 1 unspecified atom stereocenters. The van der Waals surface area contributed by atoms with Gasteiger partial charge < -0.3 is 9.30 Å². The van der Waals surface area contributed by atoms with Crippen molar-refractivity contribution in [3.63, 3.8) is 0 Å². The Bertz CT molecular complexity index is 1200. The summed E-state index contributed by atoms with van der Waals surface area (Å²) in [6.07, 6.45) is 5.81. The Morgan fingerprint density at radius 2 is 1.90 bits per heavy atom. The summed E-state index contributed by atoms with van der Waals surface area (Å²) in [7, 11) is 1.62. The Morgan fingerprint density at radius 3 is 2.63 bits per heavy atom. The van der Waals surface area contributed by atoms with Gasteiger partial charge in [0.2, 0.25) is 5.88 Å². The van der Waals surface area contributed by atoms with Crippen LogP contribution in [-0.2, 0) is 12.0 Å². The fraction of sp³-hybridized carbons (Fsp3) is 0.304. The van der Waals surface area contributed by atoms with Crippen LogP contribution in [0.5, 0.6) is 5.88 Å². The minimum absolute atomic E-state index is 0.164. The Kier molecular flexibility index (Phi) is 4.38. The number of hydrogen-bond donors (Lipinski definition) is 0. The van der Waals surface area contributed by atoms with E-state index >= 15 is 0 Å². The van der Waals surface area contributed by atoms with Crippen molar-refractivity contribution in [3.05, 3.63) is 72.1 Å². The predicted octanol–water partition coefficient (Wildman–Crippen LogP) is 3.94. The highest BCUT2D eigenvalue weighted by Crippen LogP contribution is 2.39. The second kappa shape index (κ2) is 7.09. The highest BCUT2D eigenvalue weighted by molar-refractivity contribution is 5.56. The smallest absolute Gasteiger partial charge is 0.238 e. The normalized spacial score (nSPS) is 18.2. The monoisotopic (exact) mass is 400 g/mol. The number of imidazole rings is 1. The zero-order chi connectivity index (χ0) is 20.7. The van der Waals surface area contributed by atoms with Crippen LogP contribution in [0, 0.1) is 6.92 Å². The van der Waals surface area contributed by atoms with Crippen LogP contribution in [0.15, 0.2) is 55.0 Å². The molecule has 4 heterocycles. The van der Waals surface area contributed by atoms with Crippen LogP contribution < -0.4 is 4.74 Å². The van der Waals surface area contributed by atoms with E-state index in [1.807, 2.05) is 40.6 Å². The average Bonchev–Trinajstić information content (AvgIpc) is 3.41. The number of aromatic nitrogens is 6. The molecular weight excluding hydrogens is 376 g/mol. The van der Waals surface area contributed by atoms with Gasteiger partial charge in [0.15, 0.2) is 5.82 Å². The van der Waals surface area contributed by atoms with Crippen molar-refractivity contribution in [2.24, 2.45) is 0 Å². The highest BCUT2D eigenvalue weighted by Gasteiger charge is 2.37. The summed E-state index contributed by atoms with van der Waals surface area (Å²) in [5.74, 6) is 2.13. The van der Waals surface area contributed by atoms with Crippen molar-refractivity contribution in [1.82, 2.24) is 29.3 Å². The zero-order valence-corrected chi connectivity index (χ0v) is 17.4. The van der Waals surface area contributed by atoms with E-state index in [0.29, 0.717) is 17.4 Å². The topological polar surface area (TPSA) is 70.7 Å². The highest BCUT2D eigenvalue weighted by atomic mass is 16.5. The molecule has 5 rings (SSSR count). The number of rotatable bonds is 4. The minimum atomic E-state index is -0.164. The van der Waals surface area contributed by atoms with Crippen molar-refractivity contribution in [2.75, 3.05) is 7.11 Å². The quantitative estimate of drug-likeness (QED) is 0.519. The molecule has 7 heteroatoms. The summed E-state index contributed by atoms with van der Waals surface area (Å²) >= 11 is 0. The number of nitrogens with zero attached hydrogens (tertiary/aromatic N) is 6. The van der Waals surface area contributed by atoms with Gasteiger partial charge in [0.05, 0.1) is 24.5 Å². The van der Waals surface area contributed by atoms with Crippen LogP contribution in [0.1, 0.15) is 36.8 Å². The van der Waals surface area contributed by atoms with E-state index in [0.717, 1.165) is 36.6 Å². The Labute approximate surface area is 175 Å². The molecule has 0 amide bonds. The largest absolute Gasteiger partial charge is 0.479 e. The number of hydrogen-bond acceptors (Lipinski definition) is 5. The first-order chi connectivity index (χ1) is 14.6. The van der Waals surface area contributed by atoms with E-state index in [1.165, 1.54) is 5.56 Å². The number of aryl methyl sites for hydroxylation is 2. The molecule has 0 saturated carbocycles. The van der Waals surface area contributed by atoms with Crippen LogP contribution >= 0.6 is 0 Å². The van der Waals surface area contributed by atoms with Gasteiger partial charge in [0.25, 0.3) is 0 Å². The van der Waals surface area contributed by atoms with Gasteiger partial charge in [0, 0.05) is 12.7 Å². The predicted molar refractivity (Wildman–Crippen MR) is 114 cm³/mol. The molecule has 30 heavy (non-hydrogen) atoms. The lowest BCUT2D eigenvalue weighted by molar-refractivity contribution is 0.357. The lowest BCUT2D eigenvalue weighted by Gasteiger charge is -2.33. The van der Waals surface area contributed by atoms with Gasteiger partial charge in [-0.25, -0.2) is 19.6 Å². The first-order valence-corrected chi connectivity index (χ1v) is 10.2. The van der Waals surface area contributed by atoms with Crippen molar-refractivity contribution in [2.45, 2.75) is 38.6 Å². The van der Waals surface area contributed by atoms with Crippen LogP contribution in [-0.4, -0.2) is 36.4 Å². The summed E-state index contributed by atoms with van der Waals surface area (Å²) in [5, 5.41) is 4.79. The summed E-state index contributed by atoms with van der Waals surface area (Å²) < 4.78 is 9.50. The molecule has 4 aromatic rings. The molecule has 0 aliphatic carbocycles. The van der Waals surface area contributed by atoms with E-state index < -0.39 is 0 Å². The maximum Gasteiger partial charge on any atom is 0.238 e. The molecule has 7 nitrogen and oxygen atoms in total. The summed E-state index contributed by atoms with van der Waals surface area (Å²) in [5.41, 5.74) is 3.57. The van der Waals surface area contributed by atoms with Gasteiger partial charge in [0.1, 0.15) is 17.2 Å². The van der Waals surface area contributed by atoms with E-state index in [4.69, 9.17) is 19.8 Å². The minimum Gasteiger partial charge on any atom is -0.479 e. The maximum atomic E-state index is 5.56. The lowest BCUT2D eigenvalue weighted by Crippen LogP contribution is -2.32. The van der Waals surface area contributed by atoms with Gasteiger partial charge in [-0.05, 0) is 44.4 Å². The number of ether oxygens (including phenoxy) is 1. The van der Waals surface area contributed by atoms with E-state index in [1.54, 1.807) is 13.4 Å². The molecule has 1 aromatic carbocycles. The average molecular weight is 400 g/mol. The van der Waals surface area contributed by atoms with E-state index in [-0.39, 0.29) is 5.41 Å². The van der Waals surface area contributed by atoms with Crippen LogP contribution in [0.2, 0.25) is 0 Å². The van der Waals surface area contributed by atoms with Gasteiger partial charge in [-0.3, -0.25) is 0 Å². The number of benzene rings is 1. The molecule has 152 valence electrons. The zero-order valence-electron chi connectivity index (χ0n) is 17.4. The lowest BCUT2D eigenvalue weighted by atomic mass is 9.76. The molecule has 3 aromatic heterocycles. The molecule has 0 bridgehead atoms. The number of pyridine rings is 1. The van der Waals surface area contributed by atoms with Gasteiger partial charge in [-0.1, -0.05) is 30.3 Å². The standard InChI is InChI=1S/C23H24N6O/c1-16-14-28(15-24-16)19-11-10-18(25-21(19)30-3)20-26-22-23(2,12-7-13-29(22)27-20)17-8-5-4-6-9-17/h4-6,8-11,14-15H,7,12-13H2,1-3H3. The van der Waals surface area contributed by atoms with Gasteiger partial charge in [-0.2, -0.15) is 0 Å². The van der Waals surface area contributed by atoms with Crippen LogP contribution in [0.3, 0.4) is 0 Å². The Hall–Kier alpha value is -3.48. The molecule has 0 saturated heterocycles. The summed E-state index contributed by atoms with van der Waals surface area (Å²) in [4.78, 5) is 13.9. The Morgan fingerprint density at radius 1 is 1.07 bits per heavy atom. The first-order valence-electron chi connectivity index (χ1n) is 10.2. The fourth-order valence-corrected chi connectivity index (χ4v) is 4.25. The molecule has 0 fully saturated rings. The van der Waals surface area contributed by atoms with Gasteiger partial charge >= 0.3 is 0 Å². The fourth-order valence-electron chi connectivity index (χ4n) is 4.25. The van der Waals surface area contributed by atoms with Crippen molar-refractivity contribution in [1.29, 1.82) is 0 Å². The molecule has 1 atom stereocenters. The van der Waals surface area contributed by atoms with E-state index in [9.17, 15) is 0 Å². The second-order valence-corrected chi connectivity index (χ2v) is 7.93. The van der Waals surface area contributed by atoms with E-state index in [2.05, 4.69) is 36.2 Å². The summed E-state index contributed by atoms with van der Waals surface area (Å²) in [6, 6.07) is 14.5. The molecule has 0 N–H and O–H groups in total. The summed E-state index contributed by atoms with van der Waals surface area (Å²) in [6.45, 7) is 5.08. The third-order valence-electron chi connectivity index (χ3n) is 5.88. The number of methoxy groups -OCH3 is 1. The van der Waals surface area contributed by atoms with Gasteiger partial charge in [-0.15, -0.1) is 5.10 Å². The first kappa shape index (κ1) is 18.5. The second-order valence-electron chi connectivity index (χ2n) is 7.93. The molecular formula is C23H24N6O. The third kappa shape index (κ3) is 2.98. The molecule has 0 radical (unpaired) electrons. The maximum absolute atomic E-state index is 5.56. The third-order valence-corrected chi connectivity index (χ3v) is 5.88. The van der Waals surface area contributed by atoms with Crippen LogP contribution in [0.4, 0.5) is 0 Å². The Balaban J connectivity index is 1.57. The van der Waals surface area contributed by atoms with Crippen molar-refractivity contribution >= 4 is 0 Å². The SMILES string of the molecule is COc1nc(-c2nc3n(n2)CCCC3(C)c2ccccc2)ccc1-n1cnc(C)c1. The molecule has 0 spiro atoms. The van der Waals surface area contributed by atoms with Crippen molar-refractivity contribution < 1.29 is 4.74 Å². The molecule has 1 aliphatic heterocycles. The van der Waals surface area contributed by atoms with Crippen molar-refractivity contribution in [3.8, 4) is 23.1 Å². The number of fused-ring (bicyclic) bond motifs is 1. The van der Waals surface area contributed by atoms with Crippen LogP contribution in [0.25, 0.3) is 17.2 Å². The molecule has 1 aliphatic rings.